The molecule has 5 nitrogen and oxygen atoms in total. The van der Waals surface area contributed by atoms with E-state index in [1.807, 2.05) is 0 Å². The molecule has 0 bridgehead atoms. The van der Waals surface area contributed by atoms with Crippen molar-refractivity contribution in [2.45, 2.75) is 75.5 Å². The third-order valence-electron chi connectivity index (χ3n) is 5.32. The number of aliphatic hydroxyl groups is 1. The zero-order valence-electron chi connectivity index (χ0n) is 21.4. The van der Waals surface area contributed by atoms with E-state index in [4.69, 9.17) is 4.74 Å². The van der Waals surface area contributed by atoms with Crippen LogP contribution >= 0.6 is 0 Å². The van der Waals surface area contributed by atoms with Crippen LogP contribution in [0.4, 0.5) is 52.7 Å². The molecule has 0 saturated carbocycles. The number of alkyl halides is 12. The molecule has 2 aromatic rings. The quantitative estimate of drug-likeness (QED) is 0.146. The predicted octanol–water partition coefficient (Wildman–Crippen LogP) is 7.37. The summed E-state index contributed by atoms with van der Waals surface area (Å²) in [4.78, 5) is 0. The Balaban J connectivity index is 2.04. The number of halogens is 12. The summed E-state index contributed by atoms with van der Waals surface area (Å²) in [7, 11) is 0. The first-order chi connectivity index (χ1) is 19.1. The summed E-state index contributed by atoms with van der Waals surface area (Å²) in [6, 6.07) is 10.7. The van der Waals surface area contributed by atoms with Crippen LogP contribution in [-0.4, -0.2) is 54.3 Å². The first kappa shape index (κ1) is 35.6. The van der Waals surface area contributed by atoms with Crippen molar-refractivity contribution in [3.05, 3.63) is 71.3 Å². The van der Waals surface area contributed by atoms with Crippen molar-refractivity contribution in [2.24, 2.45) is 0 Å². The number of hydrogen-bond donors (Lipinski definition) is 1. The number of benzene rings is 2. The van der Waals surface area contributed by atoms with Gasteiger partial charge in [-0.2, -0.15) is 52.7 Å². The minimum atomic E-state index is -7.05. The molecule has 2 rings (SSSR count). The zero-order valence-corrected chi connectivity index (χ0v) is 21.4. The summed E-state index contributed by atoms with van der Waals surface area (Å²) in [6.07, 6.45) is -28.4. The smallest absolute Gasteiger partial charge is 0.370 e. The molecule has 0 saturated heterocycles. The summed E-state index contributed by atoms with van der Waals surface area (Å²) >= 11 is 0. The molecule has 42 heavy (non-hydrogen) atoms. The number of ether oxygens (including phenoxy) is 4. The molecule has 0 fully saturated rings. The molecular formula is C25H24F12O5. The fraction of sp³-hybridized carbons (Fsp3) is 0.520. The Kier molecular flexibility index (Phi) is 11.3. The van der Waals surface area contributed by atoms with Gasteiger partial charge in [-0.25, -0.2) is 9.47 Å². The normalized spacial score (nSPS) is 14.7. The van der Waals surface area contributed by atoms with Crippen LogP contribution in [0.2, 0.25) is 0 Å². The predicted molar refractivity (Wildman–Crippen MR) is 119 cm³/mol. The fourth-order valence-corrected chi connectivity index (χ4v) is 3.04. The first-order valence-corrected chi connectivity index (χ1v) is 11.8. The molecule has 0 aliphatic heterocycles. The lowest BCUT2D eigenvalue weighted by molar-refractivity contribution is -0.536. The van der Waals surface area contributed by atoms with Crippen molar-refractivity contribution >= 4 is 0 Å². The Morgan fingerprint density at radius 2 is 1.14 bits per heavy atom. The molecule has 0 amide bonds. The average molecular weight is 632 g/mol. The maximum Gasteiger partial charge on any atom is 0.453 e. The Morgan fingerprint density at radius 3 is 1.67 bits per heavy atom. The van der Waals surface area contributed by atoms with Gasteiger partial charge in [-0.3, -0.25) is 0 Å². The third-order valence-corrected chi connectivity index (χ3v) is 5.32. The van der Waals surface area contributed by atoms with E-state index in [0.29, 0.717) is 5.56 Å². The summed E-state index contributed by atoms with van der Waals surface area (Å²) in [6.45, 7) is -1.83. The number of aliphatic hydroxyl groups excluding tert-OH is 1. The van der Waals surface area contributed by atoms with Crippen molar-refractivity contribution in [2.75, 3.05) is 6.61 Å². The SMILES string of the molecule is CCC(O)OCc1ccc(COCC(F)(F)C(F)(F)C(F)(F)OC(F)(F)C(F)(F)OC(F)(F)Cc2ccccc2)cc1. The van der Waals surface area contributed by atoms with Crippen LogP contribution in [0.1, 0.15) is 30.0 Å². The van der Waals surface area contributed by atoms with Crippen LogP contribution in [0.5, 0.6) is 0 Å². The van der Waals surface area contributed by atoms with Gasteiger partial charge in [0.25, 0.3) is 0 Å². The summed E-state index contributed by atoms with van der Waals surface area (Å²) in [5.41, 5.74) is 0.104. The number of hydrogen-bond acceptors (Lipinski definition) is 5. The average Bonchev–Trinajstić information content (AvgIpc) is 2.86. The van der Waals surface area contributed by atoms with Gasteiger partial charge < -0.3 is 14.6 Å². The van der Waals surface area contributed by atoms with Crippen LogP contribution in [0, 0.1) is 0 Å². The summed E-state index contributed by atoms with van der Waals surface area (Å²) in [5.74, 6) is -12.9. The zero-order chi connectivity index (χ0) is 32.0. The Bertz CT molecular complexity index is 1110. The van der Waals surface area contributed by atoms with Gasteiger partial charge >= 0.3 is 36.3 Å². The highest BCUT2D eigenvalue weighted by molar-refractivity contribution is 5.21. The highest BCUT2D eigenvalue weighted by atomic mass is 19.4. The van der Waals surface area contributed by atoms with E-state index < -0.39 is 67.8 Å². The maximum absolute atomic E-state index is 14.0. The lowest BCUT2D eigenvalue weighted by Crippen LogP contribution is -2.61. The van der Waals surface area contributed by atoms with Crippen molar-refractivity contribution in [1.29, 1.82) is 0 Å². The van der Waals surface area contributed by atoms with Gasteiger partial charge in [-0.15, -0.1) is 0 Å². The molecule has 0 aliphatic carbocycles. The molecule has 17 heteroatoms. The molecule has 0 spiro atoms. The molecule has 238 valence electrons. The fourth-order valence-electron chi connectivity index (χ4n) is 3.04. The van der Waals surface area contributed by atoms with Crippen LogP contribution in [-0.2, 0) is 38.6 Å². The van der Waals surface area contributed by atoms with Crippen molar-refractivity contribution in [3.63, 3.8) is 0 Å². The van der Waals surface area contributed by atoms with Crippen LogP contribution in [0.3, 0.4) is 0 Å². The Morgan fingerprint density at radius 1 is 0.643 bits per heavy atom. The van der Waals surface area contributed by atoms with E-state index in [1.165, 1.54) is 30.3 Å². The maximum atomic E-state index is 14.0. The highest BCUT2D eigenvalue weighted by Crippen LogP contribution is 2.51. The van der Waals surface area contributed by atoms with Gasteiger partial charge in [0.15, 0.2) is 6.29 Å². The molecule has 2 aromatic carbocycles. The van der Waals surface area contributed by atoms with E-state index in [0.717, 1.165) is 24.3 Å². The van der Waals surface area contributed by atoms with Crippen LogP contribution in [0.25, 0.3) is 0 Å². The van der Waals surface area contributed by atoms with Gasteiger partial charge in [0, 0.05) is 0 Å². The van der Waals surface area contributed by atoms with Crippen molar-refractivity contribution in [3.8, 4) is 0 Å². The monoisotopic (exact) mass is 632 g/mol. The topological polar surface area (TPSA) is 57.2 Å². The number of rotatable bonds is 17. The minimum absolute atomic E-state index is 0.0525. The standard InChI is InChI=1S/C25H24F12O5/c1-2-19(38)40-14-18-10-8-17(9-11-18)13-39-15-20(26,27)22(30,31)23(32,33)42-25(36,37)24(34,35)41-21(28,29)12-16-6-4-3-5-7-16/h3-11,19,38H,2,12-15H2,1H3. The molecular weight excluding hydrogens is 608 g/mol. The van der Waals surface area contributed by atoms with E-state index >= 15 is 0 Å². The summed E-state index contributed by atoms with van der Waals surface area (Å²) < 4.78 is 180. The lowest BCUT2D eigenvalue weighted by atomic mass is 10.1. The van der Waals surface area contributed by atoms with Gasteiger partial charge in [0.05, 0.1) is 19.6 Å². The molecule has 0 heterocycles. The second-order valence-electron chi connectivity index (χ2n) is 8.82. The lowest BCUT2D eigenvalue weighted by Gasteiger charge is -2.36. The van der Waals surface area contributed by atoms with Gasteiger partial charge in [-0.05, 0) is 23.1 Å². The molecule has 0 radical (unpaired) electrons. The summed E-state index contributed by atoms with van der Waals surface area (Å²) in [5, 5.41) is 9.33. The van der Waals surface area contributed by atoms with Crippen LogP contribution < -0.4 is 0 Å². The first-order valence-electron chi connectivity index (χ1n) is 11.8. The second kappa shape index (κ2) is 13.4. The Hall–Kier alpha value is -2.60. The highest BCUT2D eigenvalue weighted by Gasteiger charge is 2.78. The van der Waals surface area contributed by atoms with E-state index in [-0.39, 0.29) is 18.6 Å². The largest absolute Gasteiger partial charge is 0.453 e. The molecule has 1 atom stereocenters. The van der Waals surface area contributed by atoms with Crippen molar-refractivity contribution < 1.29 is 76.7 Å². The molecule has 1 unspecified atom stereocenters. The van der Waals surface area contributed by atoms with E-state index in [1.54, 1.807) is 6.92 Å². The van der Waals surface area contributed by atoms with Gasteiger partial charge in [0.2, 0.25) is 0 Å². The van der Waals surface area contributed by atoms with Crippen LogP contribution in [0.15, 0.2) is 54.6 Å². The molecule has 0 aliphatic rings. The van der Waals surface area contributed by atoms with Gasteiger partial charge in [-0.1, -0.05) is 61.5 Å². The minimum Gasteiger partial charge on any atom is -0.370 e. The third kappa shape index (κ3) is 9.20. The van der Waals surface area contributed by atoms with Crippen molar-refractivity contribution in [1.82, 2.24) is 0 Å². The van der Waals surface area contributed by atoms with E-state index in [9.17, 15) is 57.8 Å². The van der Waals surface area contributed by atoms with Gasteiger partial charge in [0.1, 0.15) is 6.61 Å². The molecule has 0 aromatic heterocycles. The Labute approximate surface area is 230 Å². The molecule has 1 N–H and O–H groups in total. The second-order valence-corrected chi connectivity index (χ2v) is 8.82. The van der Waals surface area contributed by atoms with E-state index in [2.05, 4.69) is 14.2 Å².